The first kappa shape index (κ1) is 16.9. The summed E-state index contributed by atoms with van der Waals surface area (Å²) in [6.45, 7) is 7.57. The number of halogens is 3. The van der Waals surface area contributed by atoms with E-state index in [0.29, 0.717) is 12.0 Å². The highest BCUT2D eigenvalue weighted by Gasteiger charge is 2.19. The number of hydrogen-bond donors (Lipinski definition) is 1. The smallest absolute Gasteiger partial charge is 0.193 e. The van der Waals surface area contributed by atoms with Gasteiger partial charge >= 0.3 is 0 Å². The van der Waals surface area contributed by atoms with Gasteiger partial charge in [-0.15, -0.1) is 0 Å². The Bertz CT molecular complexity index is 556. The van der Waals surface area contributed by atoms with E-state index in [-0.39, 0.29) is 27.7 Å². The Morgan fingerprint density at radius 2 is 2.00 bits per heavy atom. The largest absolute Gasteiger partial charge is 0.386 e. The number of rotatable bonds is 5. The molecule has 6 heteroatoms. The van der Waals surface area contributed by atoms with Gasteiger partial charge in [0, 0.05) is 17.3 Å². The molecule has 0 bridgehead atoms. The topological polar surface area (TPSA) is 42.0 Å². The van der Waals surface area contributed by atoms with Crippen LogP contribution in [0.2, 0.25) is 10.3 Å². The molecule has 0 fully saturated rings. The second-order valence-corrected chi connectivity index (χ2v) is 5.40. The van der Waals surface area contributed by atoms with E-state index in [4.69, 9.17) is 23.2 Å². The molecule has 0 aromatic carbocycles. The van der Waals surface area contributed by atoms with Crippen LogP contribution in [0.15, 0.2) is 17.3 Å². The van der Waals surface area contributed by atoms with Crippen LogP contribution < -0.4 is 5.32 Å². The third kappa shape index (κ3) is 3.93. The summed E-state index contributed by atoms with van der Waals surface area (Å²) in [5.41, 5.74) is 1.31. The predicted molar refractivity (Wildman–Crippen MR) is 79.8 cm³/mol. The van der Waals surface area contributed by atoms with Crippen molar-refractivity contribution >= 4 is 29.0 Å². The van der Waals surface area contributed by atoms with Crippen molar-refractivity contribution in [1.82, 2.24) is 10.3 Å². The second-order valence-electron chi connectivity index (χ2n) is 4.68. The summed E-state index contributed by atoms with van der Waals surface area (Å²) >= 11 is 11.4. The van der Waals surface area contributed by atoms with E-state index in [2.05, 4.69) is 10.3 Å². The van der Waals surface area contributed by atoms with Crippen LogP contribution in [0.3, 0.4) is 0 Å². The molecule has 0 unspecified atom stereocenters. The van der Waals surface area contributed by atoms with Crippen LogP contribution >= 0.6 is 23.2 Å². The first-order valence-corrected chi connectivity index (χ1v) is 7.06. The van der Waals surface area contributed by atoms with Gasteiger partial charge in [0.25, 0.3) is 0 Å². The molecule has 1 N–H and O–H groups in total. The van der Waals surface area contributed by atoms with Crippen LogP contribution in [0.1, 0.15) is 44.5 Å². The molecule has 0 aliphatic heterocycles. The van der Waals surface area contributed by atoms with Crippen molar-refractivity contribution < 1.29 is 9.18 Å². The van der Waals surface area contributed by atoms with Crippen LogP contribution in [0.5, 0.6) is 0 Å². The molecule has 1 rings (SSSR count). The number of pyridine rings is 1. The molecule has 0 aliphatic rings. The van der Waals surface area contributed by atoms with Gasteiger partial charge in [-0.3, -0.25) is 4.79 Å². The molecule has 1 aromatic rings. The van der Waals surface area contributed by atoms with Crippen molar-refractivity contribution in [1.29, 1.82) is 0 Å². The van der Waals surface area contributed by atoms with Crippen LogP contribution in [0.4, 0.5) is 4.39 Å². The fourth-order valence-corrected chi connectivity index (χ4v) is 2.18. The molecule has 1 aromatic heterocycles. The SMILES string of the molecule is CCC(NC(C)C)=C(C)C(=O)c1cc(F)c(Cl)nc1Cl. The lowest BCUT2D eigenvalue weighted by Gasteiger charge is -2.16. The first-order valence-electron chi connectivity index (χ1n) is 6.30. The summed E-state index contributed by atoms with van der Waals surface area (Å²) in [5, 5.41) is 2.76. The van der Waals surface area contributed by atoms with Gasteiger partial charge in [-0.1, -0.05) is 30.1 Å². The van der Waals surface area contributed by atoms with Gasteiger partial charge in [-0.25, -0.2) is 9.37 Å². The van der Waals surface area contributed by atoms with Crippen LogP contribution in [-0.2, 0) is 0 Å². The highest BCUT2D eigenvalue weighted by molar-refractivity contribution is 6.35. The van der Waals surface area contributed by atoms with Crippen molar-refractivity contribution in [3.63, 3.8) is 0 Å². The standard InChI is InChI=1S/C14H17Cl2FN2O/c1-5-11(18-7(2)3)8(4)12(20)9-6-10(17)14(16)19-13(9)15/h6-7,18H,5H2,1-4H3. The van der Waals surface area contributed by atoms with E-state index < -0.39 is 5.82 Å². The molecule has 0 saturated heterocycles. The quantitative estimate of drug-likeness (QED) is 0.497. The minimum absolute atomic E-state index is 0.0163. The molecule has 1 heterocycles. The van der Waals surface area contributed by atoms with E-state index >= 15 is 0 Å². The maximum absolute atomic E-state index is 13.4. The fraction of sp³-hybridized carbons (Fsp3) is 0.429. The van der Waals surface area contributed by atoms with Crippen molar-refractivity contribution in [2.45, 2.75) is 40.2 Å². The summed E-state index contributed by atoms with van der Waals surface area (Å²) in [6.07, 6.45) is 0.664. The lowest BCUT2D eigenvalue weighted by molar-refractivity contribution is 0.103. The molecule has 0 spiro atoms. The highest BCUT2D eigenvalue weighted by Crippen LogP contribution is 2.23. The van der Waals surface area contributed by atoms with Crippen molar-refractivity contribution in [3.8, 4) is 0 Å². The van der Waals surface area contributed by atoms with Gasteiger partial charge in [0.2, 0.25) is 0 Å². The van der Waals surface area contributed by atoms with Gasteiger partial charge in [0.15, 0.2) is 16.8 Å². The maximum Gasteiger partial charge on any atom is 0.193 e. The summed E-state index contributed by atoms with van der Waals surface area (Å²) in [5.74, 6) is -1.12. The van der Waals surface area contributed by atoms with Gasteiger partial charge < -0.3 is 5.32 Å². The van der Waals surface area contributed by atoms with E-state index in [1.807, 2.05) is 20.8 Å². The Hall–Kier alpha value is -1.13. The molecular formula is C14H17Cl2FN2O. The van der Waals surface area contributed by atoms with Crippen molar-refractivity contribution in [3.05, 3.63) is 39.0 Å². The van der Waals surface area contributed by atoms with E-state index in [9.17, 15) is 9.18 Å². The summed E-state index contributed by atoms with van der Waals surface area (Å²) in [4.78, 5) is 16.0. The number of carbonyl (C=O) groups excluding carboxylic acids is 1. The number of Topliss-reactive ketones (excluding diaryl/α,β-unsaturated/α-hetero) is 1. The van der Waals surface area contributed by atoms with Crippen molar-refractivity contribution in [2.75, 3.05) is 0 Å². The van der Waals surface area contributed by atoms with Gasteiger partial charge in [-0.05, 0) is 33.3 Å². The number of nitrogens with one attached hydrogen (secondary N) is 1. The molecule has 0 radical (unpaired) electrons. The number of nitrogens with zero attached hydrogens (tertiary/aromatic N) is 1. The Balaban J connectivity index is 3.23. The minimum atomic E-state index is -0.762. The van der Waals surface area contributed by atoms with Crippen LogP contribution in [0, 0.1) is 5.82 Å². The minimum Gasteiger partial charge on any atom is -0.386 e. The van der Waals surface area contributed by atoms with Crippen LogP contribution in [-0.4, -0.2) is 16.8 Å². The number of carbonyl (C=O) groups is 1. The van der Waals surface area contributed by atoms with Crippen LogP contribution in [0.25, 0.3) is 0 Å². The predicted octanol–water partition coefficient (Wildman–Crippen LogP) is 4.39. The zero-order valence-electron chi connectivity index (χ0n) is 11.9. The first-order chi connectivity index (χ1) is 9.27. The zero-order valence-corrected chi connectivity index (χ0v) is 13.4. The molecule has 0 saturated carbocycles. The second kappa shape index (κ2) is 7.04. The summed E-state index contributed by atoms with van der Waals surface area (Å²) in [7, 11) is 0. The van der Waals surface area contributed by atoms with Gasteiger partial charge in [0.1, 0.15) is 5.15 Å². The zero-order chi connectivity index (χ0) is 15.4. The van der Waals surface area contributed by atoms with E-state index in [1.54, 1.807) is 6.92 Å². The highest BCUT2D eigenvalue weighted by atomic mass is 35.5. The Morgan fingerprint density at radius 1 is 1.40 bits per heavy atom. The lowest BCUT2D eigenvalue weighted by Crippen LogP contribution is -2.24. The van der Waals surface area contributed by atoms with Crippen molar-refractivity contribution in [2.24, 2.45) is 0 Å². The number of allylic oxidation sites excluding steroid dienone is 2. The number of ketones is 1. The average molecular weight is 319 g/mol. The number of hydrogen-bond acceptors (Lipinski definition) is 3. The molecule has 3 nitrogen and oxygen atoms in total. The lowest BCUT2D eigenvalue weighted by atomic mass is 10.0. The molecule has 0 amide bonds. The molecule has 0 aliphatic carbocycles. The Morgan fingerprint density at radius 3 is 2.50 bits per heavy atom. The summed E-state index contributed by atoms with van der Waals surface area (Å²) in [6, 6.07) is 1.22. The summed E-state index contributed by atoms with van der Waals surface area (Å²) < 4.78 is 13.4. The molecule has 0 atom stereocenters. The van der Waals surface area contributed by atoms with Gasteiger partial charge in [-0.2, -0.15) is 0 Å². The van der Waals surface area contributed by atoms with E-state index in [1.165, 1.54) is 0 Å². The number of aromatic nitrogens is 1. The molecule has 110 valence electrons. The van der Waals surface area contributed by atoms with E-state index in [0.717, 1.165) is 11.8 Å². The maximum atomic E-state index is 13.4. The molecular weight excluding hydrogens is 302 g/mol. The third-order valence-corrected chi connectivity index (χ3v) is 3.29. The Kier molecular flexibility index (Phi) is 5.96. The normalized spacial score (nSPS) is 12.4. The monoisotopic (exact) mass is 318 g/mol. The average Bonchev–Trinajstić information content (AvgIpc) is 2.38. The third-order valence-electron chi connectivity index (χ3n) is 2.74. The Labute approximate surface area is 128 Å². The molecule has 20 heavy (non-hydrogen) atoms. The van der Waals surface area contributed by atoms with Gasteiger partial charge in [0.05, 0.1) is 5.56 Å². The fourth-order valence-electron chi connectivity index (χ4n) is 1.77.